The molecule has 162 valence electrons. The second-order valence-corrected chi connectivity index (χ2v) is 8.17. The molecule has 2 aromatic heterocycles. The van der Waals surface area contributed by atoms with Crippen molar-refractivity contribution in [2.45, 2.75) is 58.0 Å². The summed E-state index contributed by atoms with van der Waals surface area (Å²) in [5, 5.41) is 29.4. The number of nitrogens with zero attached hydrogens (tertiary/aromatic N) is 4. The molecule has 2 aromatic rings. The van der Waals surface area contributed by atoms with E-state index < -0.39 is 32.6 Å². The van der Waals surface area contributed by atoms with E-state index in [1.165, 1.54) is 10.9 Å². The Hall–Kier alpha value is -1.91. The van der Waals surface area contributed by atoms with Crippen molar-refractivity contribution < 1.29 is 34.0 Å². The number of aromatic nitrogens is 4. The molecule has 0 aliphatic heterocycles. The zero-order valence-electron chi connectivity index (χ0n) is 16.9. The second kappa shape index (κ2) is 10.2. The van der Waals surface area contributed by atoms with E-state index in [0.29, 0.717) is 30.2 Å². The summed E-state index contributed by atoms with van der Waals surface area (Å²) in [5.41, 5.74) is 5.71. The highest BCUT2D eigenvalue weighted by Crippen LogP contribution is 2.37. The van der Waals surface area contributed by atoms with Gasteiger partial charge in [-0.2, -0.15) is 0 Å². The first kappa shape index (κ1) is 23.4. The fraction of sp³-hybridized carbons (Fsp3) is 0.706. The predicted molar refractivity (Wildman–Crippen MR) is 105 cm³/mol. The monoisotopic (exact) mass is 431 g/mol. The summed E-state index contributed by atoms with van der Waals surface area (Å²) < 4.78 is 25.7. The average molecular weight is 431 g/mol. The Balaban J connectivity index is 2.22. The van der Waals surface area contributed by atoms with Crippen LogP contribution in [0.3, 0.4) is 0 Å². The number of hydrogen-bond donors (Lipinski definition) is 4. The number of anilines is 1. The fourth-order valence-electron chi connectivity index (χ4n) is 3.02. The van der Waals surface area contributed by atoms with Gasteiger partial charge in [0.15, 0.2) is 12.4 Å². The highest BCUT2D eigenvalue weighted by Gasteiger charge is 2.37. The Labute approximate surface area is 169 Å². The summed E-state index contributed by atoms with van der Waals surface area (Å²) >= 11 is 0. The Morgan fingerprint density at radius 3 is 2.62 bits per heavy atom. The van der Waals surface area contributed by atoms with Crippen molar-refractivity contribution in [1.82, 2.24) is 14.5 Å². The summed E-state index contributed by atoms with van der Waals surface area (Å²) in [5.74, 6) is -0.0151. The number of fused-ring (bicyclic) bond motifs is 1. The molecular weight excluding hydrogens is 401 g/mol. The van der Waals surface area contributed by atoms with Crippen molar-refractivity contribution in [2.75, 3.05) is 25.1 Å². The molecule has 0 fully saturated rings. The minimum absolute atomic E-state index is 0.0151. The predicted octanol–water partition coefficient (Wildman–Crippen LogP) is 1.13. The molecule has 3 atom stereocenters. The van der Waals surface area contributed by atoms with E-state index in [0.717, 1.165) is 6.33 Å². The molecule has 0 bridgehead atoms. The van der Waals surface area contributed by atoms with Crippen molar-refractivity contribution in [2.24, 2.45) is 0 Å². The third kappa shape index (κ3) is 5.18. The molecule has 29 heavy (non-hydrogen) atoms. The summed E-state index contributed by atoms with van der Waals surface area (Å²) in [6.07, 6.45) is 2.44. The van der Waals surface area contributed by atoms with Gasteiger partial charge in [-0.25, -0.2) is 4.98 Å². The van der Waals surface area contributed by atoms with Crippen LogP contribution in [0.25, 0.3) is 11.2 Å². The van der Waals surface area contributed by atoms with E-state index in [4.69, 9.17) is 15.0 Å². The maximum absolute atomic E-state index is 11.9. The van der Waals surface area contributed by atoms with Crippen LogP contribution < -0.4 is 10.5 Å². The van der Waals surface area contributed by atoms with Crippen LogP contribution in [0, 0.1) is 0 Å². The lowest BCUT2D eigenvalue weighted by atomic mass is 9.94. The first-order chi connectivity index (χ1) is 13.8. The number of nitrogens with two attached hydrogens (primary N) is 1. The Bertz CT molecular complexity index is 828. The Morgan fingerprint density at radius 2 is 2.03 bits per heavy atom. The van der Waals surface area contributed by atoms with Gasteiger partial charge >= 0.3 is 8.03 Å². The van der Waals surface area contributed by atoms with E-state index in [2.05, 4.69) is 9.97 Å². The van der Waals surface area contributed by atoms with Gasteiger partial charge in [-0.1, -0.05) is 23.6 Å². The first-order valence-electron chi connectivity index (χ1n) is 9.58. The van der Waals surface area contributed by atoms with Crippen molar-refractivity contribution in [3.63, 3.8) is 0 Å². The summed E-state index contributed by atoms with van der Waals surface area (Å²) in [4.78, 5) is 8.19. The highest BCUT2D eigenvalue weighted by atomic mass is 31.1. The van der Waals surface area contributed by atoms with Gasteiger partial charge in [-0.15, -0.1) is 4.52 Å². The van der Waals surface area contributed by atoms with Gasteiger partial charge in [0.1, 0.15) is 18.0 Å². The van der Waals surface area contributed by atoms with Crippen LogP contribution in [0.15, 0.2) is 12.7 Å². The Kier molecular flexibility index (Phi) is 8.23. The third-order valence-corrected chi connectivity index (χ3v) is 6.13. The number of hydrogen-bond acceptors (Lipinski definition) is 9. The zero-order chi connectivity index (χ0) is 21.6. The molecule has 0 aromatic carbocycles. The molecule has 5 N–H and O–H groups in total. The summed E-state index contributed by atoms with van der Waals surface area (Å²) in [7, 11) is -1.75. The lowest BCUT2D eigenvalue weighted by molar-refractivity contribution is -0.894. The first-order valence-corrected chi connectivity index (χ1v) is 10.9. The van der Waals surface area contributed by atoms with Gasteiger partial charge in [0.05, 0.1) is 13.2 Å². The molecule has 0 radical (unpaired) electrons. The smallest absolute Gasteiger partial charge is 0.394 e. The third-order valence-electron chi connectivity index (χ3n) is 5.03. The largest absolute Gasteiger partial charge is 0.508 e. The molecule has 12 heteroatoms. The quantitative estimate of drug-likeness (QED) is 0.220. The molecule has 11 nitrogen and oxygen atoms in total. The maximum Gasteiger partial charge on any atom is 0.508 e. The van der Waals surface area contributed by atoms with Crippen LogP contribution in [0.4, 0.5) is 5.82 Å². The number of imidazole rings is 1. The molecule has 2 unspecified atom stereocenters. The minimum atomic E-state index is -1.75. The molecule has 0 saturated carbocycles. The highest BCUT2D eigenvalue weighted by molar-refractivity contribution is 7.39. The molecule has 0 aliphatic carbocycles. The lowest BCUT2D eigenvalue weighted by Crippen LogP contribution is -2.35. The van der Waals surface area contributed by atoms with E-state index in [9.17, 15) is 20.0 Å². The van der Waals surface area contributed by atoms with Crippen LogP contribution in [-0.2, 0) is 13.8 Å². The summed E-state index contributed by atoms with van der Waals surface area (Å²) in [6.45, 7) is 5.36. The molecule has 0 amide bonds. The molecule has 2 rings (SSSR count). The van der Waals surface area contributed by atoms with Gasteiger partial charge in [-0.05, 0) is 24.3 Å². The van der Waals surface area contributed by atoms with Gasteiger partial charge in [-0.3, -0.25) is 4.57 Å². The SMILES string of the molecule is CC[P+](=O)OC(CC)(CC)CCOC([C@H](O)CO)n1cnc2c(N)[n+](O)cnc21. The van der Waals surface area contributed by atoms with Crippen molar-refractivity contribution in [3.8, 4) is 0 Å². The van der Waals surface area contributed by atoms with E-state index in [1.54, 1.807) is 6.92 Å². The van der Waals surface area contributed by atoms with Crippen LogP contribution in [0.5, 0.6) is 0 Å². The van der Waals surface area contributed by atoms with E-state index in [-0.39, 0.29) is 23.6 Å². The van der Waals surface area contributed by atoms with Gasteiger partial charge in [0.2, 0.25) is 11.2 Å². The van der Waals surface area contributed by atoms with Gasteiger partial charge < -0.3 is 25.9 Å². The Morgan fingerprint density at radius 1 is 1.34 bits per heavy atom. The van der Waals surface area contributed by atoms with Crippen molar-refractivity contribution >= 4 is 25.0 Å². The van der Waals surface area contributed by atoms with Crippen molar-refractivity contribution in [3.05, 3.63) is 12.7 Å². The minimum Gasteiger partial charge on any atom is -0.394 e. The zero-order valence-corrected chi connectivity index (χ0v) is 17.8. The van der Waals surface area contributed by atoms with E-state index in [1.807, 2.05) is 13.8 Å². The lowest BCUT2D eigenvalue weighted by Gasteiger charge is -2.28. The molecule has 0 spiro atoms. The standard InChI is InChI=1S/C17H29N5O6P/c1-4-17(5-2,28-29(26)6-3)7-8-27-16(12(24)9-23)21-10-19-13-14(18)22(25)11-20-15(13)21/h10-12,16,18,23-25H,4-9H2,1-3H3/q+1/p+1/t12-,16?/m1/s1. The normalized spacial score (nSPS) is 14.9. The fourth-order valence-corrected chi connectivity index (χ4v) is 3.93. The molecule has 0 saturated heterocycles. The second-order valence-electron chi connectivity index (χ2n) is 6.69. The number of ether oxygens (including phenoxy) is 1. The summed E-state index contributed by atoms with van der Waals surface area (Å²) in [6, 6.07) is 0. The van der Waals surface area contributed by atoms with E-state index >= 15 is 0 Å². The average Bonchev–Trinajstić information content (AvgIpc) is 3.16. The van der Waals surface area contributed by atoms with Crippen LogP contribution in [-0.4, -0.2) is 61.0 Å². The number of nitrogen functional groups attached to an aromatic ring is 1. The topological polar surface area (TPSA) is 157 Å². The number of aliphatic hydroxyl groups is 2. The van der Waals surface area contributed by atoms with Crippen molar-refractivity contribution in [1.29, 1.82) is 0 Å². The number of aliphatic hydroxyl groups excluding tert-OH is 2. The van der Waals surface area contributed by atoms with Gasteiger partial charge in [0, 0.05) is 6.42 Å². The van der Waals surface area contributed by atoms with Crippen LogP contribution in [0.1, 0.15) is 46.3 Å². The van der Waals surface area contributed by atoms with Gasteiger partial charge in [0.25, 0.3) is 12.1 Å². The molecule has 2 heterocycles. The van der Waals surface area contributed by atoms with Crippen LogP contribution >= 0.6 is 8.03 Å². The number of rotatable bonds is 12. The van der Waals surface area contributed by atoms with Crippen LogP contribution in [0.2, 0.25) is 0 Å². The molecular formula is C17H30N5O6P+2. The maximum atomic E-state index is 11.9. The molecule has 0 aliphatic rings.